The molecule has 1 unspecified atom stereocenters. The fourth-order valence-corrected chi connectivity index (χ4v) is 2.29. The molecule has 118 valence electrons. The summed E-state index contributed by atoms with van der Waals surface area (Å²) in [6, 6.07) is 15.8. The van der Waals surface area contributed by atoms with Crippen molar-refractivity contribution in [2.24, 2.45) is 0 Å². The summed E-state index contributed by atoms with van der Waals surface area (Å²) in [6.45, 7) is 4.20. The molecule has 0 bridgehead atoms. The highest BCUT2D eigenvalue weighted by Crippen LogP contribution is 2.22. The Labute approximate surface area is 138 Å². The Morgan fingerprint density at radius 2 is 1.77 bits per heavy atom. The fraction of sp³-hybridized carbons (Fsp3) is 0.278. The van der Waals surface area contributed by atoms with Gasteiger partial charge in [0.25, 0.3) is 0 Å². The number of anilines is 2. The number of hydrogen-bond acceptors (Lipinski definition) is 2. The minimum atomic E-state index is -0.0139. The van der Waals surface area contributed by atoms with Crippen molar-refractivity contribution >= 4 is 29.7 Å². The van der Waals surface area contributed by atoms with E-state index < -0.39 is 0 Å². The SMILES string of the molecule is CCc1ccc(C(C)CC(=O)Nc2ccccc2N)cc1.Cl. The standard InChI is InChI=1S/C18H22N2O.ClH/c1-3-14-8-10-15(11-9-14)13(2)12-18(21)20-17-7-5-4-6-16(17)19;/h4-11,13H,3,12,19H2,1-2H3,(H,20,21);1H. The van der Waals surface area contributed by atoms with Crippen molar-refractivity contribution in [3.63, 3.8) is 0 Å². The summed E-state index contributed by atoms with van der Waals surface area (Å²) >= 11 is 0. The second-order valence-corrected chi connectivity index (χ2v) is 5.34. The Morgan fingerprint density at radius 3 is 2.36 bits per heavy atom. The van der Waals surface area contributed by atoms with Crippen LogP contribution in [0.3, 0.4) is 0 Å². The normalized spacial score (nSPS) is 11.4. The van der Waals surface area contributed by atoms with Gasteiger partial charge in [0.15, 0.2) is 0 Å². The smallest absolute Gasteiger partial charge is 0.225 e. The molecule has 1 amide bonds. The number of benzene rings is 2. The number of halogens is 1. The topological polar surface area (TPSA) is 55.1 Å². The maximum absolute atomic E-state index is 12.1. The van der Waals surface area contributed by atoms with E-state index in [-0.39, 0.29) is 24.2 Å². The number of rotatable bonds is 5. The van der Waals surface area contributed by atoms with Crippen molar-refractivity contribution in [1.29, 1.82) is 0 Å². The van der Waals surface area contributed by atoms with Gasteiger partial charge in [-0.15, -0.1) is 12.4 Å². The Hall–Kier alpha value is -2.00. The molecule has 0 fully saturated rings. The van der Waals surface area contributed by atoms with Crippen LogP contribution in [0.25, 0.3) is 0 Å². The van der Waals surface area contributed by atoms with E-state index in [1.54, 1.807) is 6.07 Å². The number of hydrogen-bond donors (Lipinski definition) is 2. The first-order chi connectivity index (χ1) is 10.1. The Balaban J connectivity index is 0.00000242. The number of para-hydroxylation sites is 2. The third-order valence-corrected chi connectivity index (χ3v) is 3.68. The summed E-state index contributed by atoms with van der Waals surface area (Å²) in [5, 5.41) is 2.87. The van der Waals surface area contributed by atoms with Gasteiger partial charge >= 0.3 is 0 Å². The van der Waals surface area contributed by atoms with Crippen LogP contribution in [-0.2, 0) is 11.2 Å². The number of nitrogens with one attached hydrogen (secondary N) is 1. The van der Waals surface area contributed by atoms with Gasteiger partial charge in [-0.1, -0.05) is 50.2 Å². The predicted molar refractivity (Wildman–Crippen MR) is 95.6 cm³/mol. The molecule has 22 heavy (non-hydrogen) atoms. The average molecular weight is 319 g/mol. The molecule has 2 rings (SSSR count). The molecule has 2 aromatic rings. The molecule has 2 aromatic carbocycles. The lowest BCUT2D eigenvalue weighted by Crippen LogP contribution is -2.15. The van der Waals surface area contributed by atoms with Crippen molar-refractivity contribution in [3.8, 4) is 0 Å². The minimum Gasteiger partial charge on any atom is -0.397 e. The summed E-state index contributed by atoms with van der Waals surface area (Å²) in [7, 11) is 0. The monoisotopic (exact) mass is 318 g/mol. The van der Waals surface area contributed by atoms with Crippen molar-refractivity contribution in [2.45, 2.75) is 32.6 Å². The Bertz CT molecular complexity index is 611. The van der Waals surface area contributed by atoms with E-state index in [0.29, 0.717) is 17.8 Å². The van der Waals surface area contributed by atoms with Gasteiger partial charge in [-0.25, -0.2) is 0 Å². The zero-order valence-corrected chi connectivity index (χ0v) is 13.8. The first-order valence-corrected chi connectivity index (χ1v) is 7.33. The predicted octanol–water partition coefficient (Wildman–Crippen LogP) is 4.39. The minimum absolute atomic E-state index is 0. The van der Waals surface area contributed by atoms with E-state index in [9.17, 15) is 4.79 Å². The van der Waals surface area contributed by atoms with E-state index in [1.165, 1.54) is 11.1 Å². The molecular formula is C18H23ClN2O. The van der Waals surface area contributed by atoms with E-state index in [0.717, 1.165) is 6.42 Å². The molecule has 0 spiro atoms. The second-order valence-electron chi connectivity index (χ2n) is 5.34. The van der Waals surface area contributed by atoms with Crippen LogP contribution in [0.1, 0.15) is 37.3 Å². The van der Waals surface area contributed by atoms with Crippen molar-refractivity contribution in [1.82, 2.24) is 0 Å². The van der Waals surface area contributed by atoms with Crippen LogP contribution in [0, 0.1) is 0 Å². The molecule has 0 aliphatic rings. The number of carbonyl (C=O) groups is 1. The molecule has 0 aliphatic heterocycles. The van der Waals surface area contributed by atoms with Crippen molar-refractivity contribution in [3.05, 3.63) is 59.7 Å². The van der Waals surface area contributed by atoms with Crippen LogP contribution in [-0.4, -0.2) is 5.91 Å². The van der Waals surface area contributed by atoms with Gasteiger partial charge < -0.3 is 11.1 Å². The van der Waals surface area contributed by atoms with Crippen LogP contribution in [0.2, 0.25) is 0 Å². The molecule has 0 heterocycles. The third kappa shape index (κ3) is 4.78. The quantitative estimate of drug-likeness (QED) is 0.803. The van der Waals surface area contributed by atoms with Gasteiger partial charge in [0, 0.05) is 6.42 Å². The Morgan fingerprint density at radius 1 is 1.14 bits per heavy atom. The van der Waals surface area contributed by atoms with Gasteiger partial charge in [0.05, 0.1) is 11.4 Å². The lowest BCUT2D eigenvalue weighted by Gasteiger charge is -2.13. The van der Waals surface area contributed by atoms with Crippen LogP contribution in [0.5, 0.6) is 0 Å². The maximum atomic E-state index is 12.1. The zero-order chi connectivity index (χ0) is 15.2. The van der Waals surface area contributed by atoms with Gasteiger partial charge in [-0.2, -0.15) is 0 Å². The van der Waals surface area contributed by atoms with Gasteiger partial charge in [-0.05, 0) is 35.6 Å². The summed E-state index contributed by atoms with van der Waals surface area (Å²) < 4.78 is 0. The first-order valence-electron chi connectivity index (χ1n) is 7.33. The summed E-state index contributed by atoms with van der Waals surface area (Å²) in [4.78, 5) is 12.1. The molecule has 4 heteroatoms. The van der Waals surface area contributed by atoms with E-state index in [2.05, 4.69) is 43.4 Å². The van der Waals surface area contributed by atoms with E-state index >= 15 is 0 Å². The summed E-state index contributed by atoms with van der Waals surface area (Å²) in [6.07, 6.45) is 1.47. The molecule has 3 nitrogen and oxygen atoms in total. The molecule has 3 N–H and O–H groups in total. The number of carbonyl (C=O) groups excluding carboxylic acids is 1. The number of aryl methyl sites for hydroxylation is 1. The van der Waals surface area contributed by atoms with Gasteiger partial charge in [0.1, 0.15) is 0 Å². The van der Waals surface area contributed by atoms with Crippen LogP contribution >= 0.6 is 12.4 Å². The average Bonchev–Trinajstić information content (AvgIpc) is 2.49. The van der Waals surface area contributed by atoms with E-state index in [4.69, 9.17) is 5.73 Å². The lowest BCUT2D eigenvalue weighted by molar-refractivity contribution is -0.116. The first kappa shape index (κ1) is 18.1. The number of nitrogen functional groups attached to an aromatic ring is 1. The maximum Gasteiger partial charge on any atom is 0.225 e. The lowest BCUT2D eigenvalue weighted by atomic mass is 9.96. The molecule has 1 atom stereocenters. The highest BCUT2D eigenvalue weighted by molar-refractivity contribution is 5.94. The second kappa shape index (κ2) is 8.44. The molecule has 0 aliphatic carbocycles. The highest BCUT2D eigenvalue weighted by Gasteiger charge is 2.12. The molecule has 0 aromatic heterocycles. The third-order valence-electron chi connectivity index (χ3n) is 3.68. The zero-order valence-electron chi connectivity index (χ0n) is 13.0. The summed E-state index contributed by atoms with van der Waals surface area (Å²) in [5.74, 6) is 0.167. The van der Waals surface area contributed by atoms with Crippen molar-refractivity contribution in [2.75, 3.05) is 11.1 Å². The largest absolute Gasteiger partial charge is 0.397 e. The fourth-order valence-electron chi connectivity index (χ4n) is 2.29. The number of nitrogens with two attached hydrogens (primary N) is 1. The van der Waals surface area contributed by atoms with Gasteiger partial charge in [-0.3, -0.25) is 4.79 Å². The van der Waals surface area contributed by atoms with Crippen LogP contribution < -0.4 is 11.1 Å². The van der Waals surface area contributed by atoms with Gasteiger partial charge in [0.2, 0.25) is 5.91 Å². The highest BCUT2D eigenvalue weighted by atomic mass is 35.5. The molecule has 0 radical (unpaired) electrons. The molecule has 0 saturated carbocycles. The Kier molecular flexibility index (Phi) is 6.93. The molecular weight excluding hydrogens is 296 g/mol. The molecule has 0 saturated heterocycles. The van der Waals surface area contributed by atoms with Crippen LogP contribution in [0.15, 0.2) is 48.5 Å². The number of amides is 1. The van der Waals surface area contributed by atoms with E-state index in [1.807, 2.05) is 18.2 Å². The summed E-state index contributed by atoms with van der Waals surface area (Å²) in [5.41, 5.74) is 9.59. The van der Waals surface area contributed by atoms with Crippen LogP contribution in [0.4, 0.5) is 11.4 Å². The van der Waals surface area contributed by atoms with Crippen molar-refractivity contribution < 1.29 is 4.79 Å².